The number of likely N-dealkylation sites (N-methyl/N-ethyl adjacent to an activating group) is 1. The number of carbonyl (C=O) groups is 6. The van der Waals surface area contributed by atoms with Gasteiger partial charge in [-0.25, -0.2) is 28.8 Å². The van der Waals surface area contributed by atoms with Gasteiger partial charge < -0.3 is 28.4 Å². The van der Waals surface area contributed by atoms with E-state index in [-0.39, 0.29) is 39.6 Å². The molecule has 4 amide bonds. The maximum absolute atomic E-state index is 12.2. The first-order chi connectivity index (χ1) is 23.6. The lowest BCUT2D eigenvalue weighted by Crippen LogP contribution is -2.32. The molecule has 49 heavy (non-hydrogen) atoms. The number of carbonyl (C=O) groups excluding carboxylic acids is 6. The highest BCUT2D eigenvalue weighted by atomic mass is 16.6. The molecule has 4 N–H and O–H groups in total. The van der Waals surface area contributed by atoms with Crippen molar-refractivity contribution in [3.8, 4) is 0 Å². The van der Waals surface area contributed by atoms with E-state index in [2.05, 4.69) is 34.4 Å². The SMILES string of the molecule is C=CC(=O)OCCOC(=O)Nc1ccc(NC(=O)OCCN(CC)CCOC(=O)Nc2ccc(NC(=O)OCCOC(=O)C=C)cc2)cc1. The predicted octanol–water partition coefficient (Wildman–Crippen LogP) is 4.36. The molecular formula is C32H39N5O12. The first-order valence-corrected chi connectivity index (χ1v) is 14.9. The van der Waals surface area contributed by atoms with Crippen LogP contribution >= 0.6 is 0 Å². The smallest absolute Gasteiger partial charge is 0.411 e. The quantitative estimate of drug-likeness (QED) is 0.0702. The van der Waals surface area contributed by atoms with Gasteiger partial charge in [0.25, 0.3) is 0 Å². The molecule has 264 valence electrons. The number of hydrogen-bond donors (Lipinski definition) is 4. The Morgan fingerprint density at radius 1 is 0.510 bits per heavy atom. The van der Waals surface area contributed by atoms with Crippen molar-refractivity contribution < 1.29 is 57.2 Å². The monoisotopic (exact) mass is 685 g/mol. The number of esters is 2. The molecule has 0 aromatic heterocycles. The molecule has 0 fully saturated rings. The molecule has 0 saturated carbocycles. The minimum Gasteiger partial charge on any atom is -0.459 e. The van der Waals surface area contributed by atoms with Crippen molar-refractivity contribution in [1.29, 1.82) is 0 Å². The summed E-state index contributed by atoms with van der Waals surface area (Å²) in [6, 6.07) is 12.4. The van der Waals surface area contributed by atoms with E-state index < -0.39 is 36.3 Å². The standard InChI is InChI=1S/C32H39N5O12/c1-4-27(38)44-19-21-48-31(42)35-25-11-7-23(8-12-25)33-29(40)46-17-15-37(6-3)16-18-47-30(41)34-24-9-13-26(14-10-24)36-32(43)49-22-20-45-28(39)5-2/h4-5,7-14H,1-2,6,15-22H2,3H3,(H,33,40)(H,34,41)(H,35,42)(H,36,43). The van der Waals surface area contributed by atoms with E-state index in [1.807, 2.05) is 11.8 Å². The average Bonchev–Trinajstić information content (AvgIpc) is 3.09. The maximum Gasteiger partial charge on any atom is 0.411 e. The minimum atomic E-state index is -0.744. The van der Waals surface area contributed by atoms with Crippen LogP contribution in [-0.4, -0.2) is 100 Å². The van der Waals surface area contributed by atoms with Gasteiger partial charge in [0.2, 0.25) is 0 Å². The Morgan fingerprint density at radius 2 is 0.776 bits per heavy atom. The summed E-state index contributed by atoms with van der Waals surface area (Å²) in [6.45, 7) is 9.51. The van der Waals surface area contributed by atoms with Crippen LogP contribution in [0.2, 0.25) is 0 Å². The Kier molecular flexibility index (Phi) is 17.9. The van der Waals surface area contributed by atoms with E-state index in [1.54, 1.807) is 48.5 Å². The number of nitrogens with zero attached hydrogens (tertiary/aromatic N) is 1. The molecule has 0 bridgehead atoms. The van der Waals surface area contributed by atoms with Gasteiger partial charge >= 0.3 is 36.3 Å². The summed E-state index contributed by atoms with van der Waals surface area (Å²) in [5, 5.41) is 10.2. The summed E-state index contributed by atoms with van der Waals surface area (Å²) in [5.41, 5.74) is 1.69. The van der Waals surface area contributed by atoms with Crippen LogP contribution < -0.4 is 21.3 Å². The zero-order chi connectivity index (χ0) is 35.9. The fraction of sp³-hybridized carbons (Fsp3) is 0.312. The number of anilines is 4. The molecule has 0 unspecified atom stereocenters. The number of hydrogen-bond acceptors (Lipinski definition) is 13. The second-order valence-corrected chi connectivity index (χ2v) is 9.38. The van der Waals surface area contributed by atoms with E-state index in [4.69, 9.17) is 28.4 Å². The van der Waals surface area contributed by atoms with Gasteiger partial charge in [-0.3, -0.25) is 26.2 Å². The third kappa shape index (κ3) is 17.4. The summed E-state index contributed by atoms with van der Waals surface area (Å²) in [4.78, 5) is 71.8. The van der Waals surface area contributed by atoms with Gasteiger partial charge in [0.1, 0.15) is 39.6 Å². The Balaban J connectivity index is 1.60. The lowest BCUT2D eigenvalue weighted by Gasteiger charge is -2.20. The van der Waals surface area contributed by atoms with Crippen molar-refractivity contribution in [2.45, 2.75) is 6.92 Å². The third-order valence-electron chi connectivity index (χ3n) is 5.94. The van der Waals surface area contributed by atoms with Crippen LogP contribution in [0.3, 0.4) is 0 Å². The lowest BCUT2D eigenvalue weighted by molar-refractivity contribution is -0.139. The zero-order valence-electron chi connectivity index (χ0n) is 26.9. The first-order valence-electron chi connectivity index (χ1n) is 14.9. The van der Waals surface area contributed by atoms with Crippen molar-refractivity contribution in [2.24, 2.45) is 0 Å². The molecule has 17 nitrogen and oxygen atoms in total. The molecule has 0 aliphatic heterocycles. The number of nitrogens with one attached hydrogen (secondary N) is 4. The van der Waals surface area contributed by atoms with Crippen LogP contribution in [0.5, 0.6) is 0 Å². The van der Waals surface area contributed by atoms with Gasteiger partial charge in [0.15, 0.2) is 0 Å². The first kappa shape index (κ1) is 39.1. The topological polar surface area (TPSA) is 209 Å². The van der Waals surface area contributed by atoms with Crippen molar-refractivity contribution in [3.63, 3.8) is 0 Å². The largest absolute Gasteiger partial charge is 0.459 e. The number of amides is 4. The van der Waals surface area contributed by atoms with Crippen LogP contribution in [0.1, 0.15) is 6.92 Å². The fourth-order valence-electron chi connectivity index (χ4n) is 3.52. The Hall–Kier alpha value is -6.10. The highest BCUT2D eigenvalue weighted by molar-refractivity contribution is 5.88. The van der Waals surface area contributed by atoms with Gasteiger partial charge in [-0.15, -0.1) is 0 Å². The Bertz CT molecular complexity index is 1310. The van der Waals surface area contributed by atoms with Gasteiger partial charge in [-0.05, 0) is 55.1 Å². The molecule has 0 atom stereocenters. The van der Waals surface area contributed by atoms with E-state index in [1.165, 1.54) is 0 Å². The number of ether oxygens (including phenoxy) is 6. The van der Waals surface area contributed by atoms with E-state index >= 15 is 0 Å². The molecule has 2 rings (SSSR count). The van der Waals surface area contributed by atoms with E-state index in [9.17, 15) is 28.8 Å². The van der Waals surface area contributed by atoms with Crippen LogP contribution in [0.15, 0.2) is 73.8 Å². The second-order valence-electron chi connectivity index (χ2n) is 9.38. The highest BCUT2D eigenvalue weighted by Crippen LogP contribution is 2.15. The van der Waals surface area contributed by atoms with Gasteiger partial charge in [0, 0.05) is 48.0 Å². The van der Waals surface area contributed by atoms with E-state index in [0.717, 1.165) is 12.2 Å². The molecule has 0 aliphatic rings. The van der Waals surface area contributed by atoms with Gasteiger partial charge in [0.05, 0.1) is 0 Å². The van der Waals surface area contributed by atoms with Gasteiger partial charge in [-0.2, -0.15) is 0 Å². The Morgan fingerprint density at radius 3 is 1.04 bits per heavy atom. The molecule has 0 heterocycles. The maximum atomic E-state index is 12.2. The second kappa shape index (κ2) is 22.4. The van der Waals surface area contributed by atoms with Crippen LogP contribution in [0, 0.1) is 0 Å². The summed E-state index contributed by atoms with van der Waals surface area (Å²) in [6.07, 6.45) is -0.836. The Labute approximate surface area is 282 Å². The zero-order valence-corrected chi connectivity index (χ0v) is 26.9. The molecule has 0 radical (unpaired) electrons. The average molecular weight is 686 g/mol. The normalized spacial score (nSPS) is 10.1. The van der Waals surface area contributed by atoms with E-state index in [0.29, 0.717) is 42.4 Å². The third-order valence-corrected chi connectivity index (χ3v) is 5.94. The van der Waals surface area contributed by atoms with Crippen LogP contribution in [0.25, 0.3) is 0 Å². The molecule has 0 aliphatic carbocycles. The lowest BCUT2D eigenvalue weighted by atomic mass is 10.3. The van der Waals surface area contributed by atoms with Crippen LogP contribution in [0.4, 0.5) is 41.9 Å². The van der Waals surface area contributed by atoms with Crippen LogP contribution in [-0.2, 0) is 38.0 Å². The van der Waals surface area contributed by atoms with Crippen molar-refractivity contribution >= 4 is 59.1 Å². The molecular weight excluding hydrogens is 646 g/mol. The summed E-state index contributed by atoms with van der Waals surface area (Å²) in [5.74, 6) is -1.24. The summed E-state index contributed by atoms with van der Waals surface area (Å²) >= 11 is 0. The van der Waals surface area contributed by atoms with Crippen molar-refractivity contribution in [3.05, 3.63) is 73.8 Å². The predicted molar refractivity (Wildman–Crippen MR) is 177 cm³/mol. The number of rotatable bonds is 19. The molecule has 0 saturated heterocycles. The minimum absolute atomic E-state index is 0.0795. The van der Waals surface area contributed by atoms with Crippen molar-refractivity contribution in [1.82, 2.24) is 4.90 Å². The van der Waals surface area contributed by atoms with Gasteiger partial charge in [-0.1, -0.05) is 20.1 Å². The highest BCUT2D eigenvalue weighted by Gasteiger charge is 2.10. The molecule has 0 spiro atoms. The molecule has 2 aromatic rings. The summed E-state index contributed by atoms with van der Waals surface area (Å²) < 4.78 is 29.7. The van der Waals surface area contributed by atoms with Crippen molar-refractivity contribution in [2.75, 3.05) is 80.5 Å². The molecule has 17 heteroatoms. The fourth-order valence-corrected chi connectivity index (χ4v) is 3.52. The molecule has 2 aromatic carbocycles. The summed E-state index contributed by atoms with van der Waals surface area (Å²) in [7, 11) is 0. The number of benzene rings is 2.